The van der Waals surface area contributed by atoms with Crippen LogP contribution < -0.4 is 20.7 Å². The summed E-state index contributed by atoms with van der Waals surface area (Å²) in [5.41, 5.74) is 1.63. The molecule has 0 aromatic heterocycles. The minimum absolute atomic E-state index is 0.115. The van der Waals surface area contributed by atoms with E-state index in [1.54, 1.807) is 44.4 Å². The molecule has 0 aliphatic heterocycles. The van der Waals surface area contributed by atoms with E-state index in [1.165, 1.54) is 6.07 Å². The largest absolute Gasteiger partial charge is 0.486 e. The van der Waals surface area contributed by atoms with Crippen LogP contribution in [0.1, 0.15) is 22.8 Å². The molecule has 6 nitrogen and oxygen atoms in total. The molecule has 0 fully saturated rings. The highest BCUT2D eigenvalue weighted by molar-refractivity contribution is 5.93. The molecule has 2 aromatic rings. The number of rotatable bonds is 7. The number of hydrogen-bond acceptors (Lipinski definition) is 3. The average Bonchev–Trinajstić information content (AvgIpc) is 2.69. The van der Waals surface area contributed by atoms with Crippen molar-refractivity contribution in [1.82, 2.24) is 16.0 Å². The van der Waals surface area contributed by atoms with Crippen LogP contribution >= 0.6 is 0 Å². The van der Waals surface area contributed by atoms with Crippen molar-refractivity contribution in [1.29, 1.82) is 0 Å². The third kappa shape index (κ3) is 6.29. The molecule has 0 heterocycles. The van der Waals surface area contributed by atoms with E-state index in [1.807, 2.05) is 19.1 Å². The van der Waals surface area contributed by atoms with Gasteiger partial charge in [0.2, 0.25) is 0 Å². The number of hydrogen-bond donors (Lipinski definition) is 3. The van der Waals surface area contributed by atoms with Crippen LogP contribution in [0.2, 0.25) is 0 Å². The van der Waals surface area contributed by atoms with Crippen LogP contribution in [0.25, 0.3) is 0 Å². The average molecular weight is 372 g/mol. The van der Waals surface area contributed by atoms with Gasteiger partial charge in [0, 0.05) is 26.2 Å². The van der Waals surface area contributed by atoms with Crippen LogP contribution in [0.15, 0.2) is 53.5 Å². The molecule has 1 unspecified atom stereocenters. The lowest BCUT2D eigenvalue weighted by Crippen LogP contribution is -2.41. The van der Waals surface area contributed by atoms with Crippen LogP contribution in [0.3, 0.4) is 0 Å². The molecule has 7 heteroatoms. The zero-order valence-corrected chi connectivity index (χ0v) is 15.8. The van der Waals surface area contributed by atoms with E-state index >= 15 is 0 Å². The minimum Gasteiger partial charge on any atom is -0.486 e. The van der Waals surface area contributed by atoms with E-state index in [2.05, 4.69) is 20.9 Å². The number of aliphatic imine (C=N–C) groups is 1. The Morgan fingerprint density at radius 3 is 2.48 bits per heavy atom. The Labute approximate surface area is 158 Å². The molecule has 0 saturated heterocycles. The normalized spacial score (nSPS) is 12.2. The number of nitrogens with one attached hydrogen (secondary N) is 3. The van der Waals surface area contributed by atoms with Gasteiger partial charge in [-0.05, 0) is 36.8 Å². The van der Waals surface area contributed by atoms with Gasteiger partial charge in [0.1, 0.15) is 6.10 Å². The summed E-state index contributed by atoms with van der Waals surface area (Å²) >= 11 is 0. The number of ether oxygens (including phenoxy) is 1. The van der Waals surface area contributed by atoms with Crippen molar-refractivity contribution in [2.24, 2.45) is 4.99 Å². The van der Waals surface area contributed by atoms with Crippen LogP contribution in [0, 0.1) is 5.82 Å². The second-order valence-electron chi connectivity index (χ2n) is 5.94. The first-order chi connectivity index (χ1) is 13.0. The van der Waals surface area contributed by atoms with Crippen molar-refractivity contribution in [2.75, 3.05) is 20.6 Å². The van der Waals surface area contributed by atoms with Gasteiger partial charge in [-0.1, -0.05) is 24.3 Å². The number of benzene rings is 2. The molecular formula is C20H25FN4O2. The fourth-order valence-electron chi connectivity index (χ4n) is 2.36. The van der Waals surface area contributed by atoms with Gasteiger partial charge in [0.05, 0.1) is 6.54 Å². The molecule has 0 aliphatic rings. The Balaban J connectivity index is 1.80. The van der Waals surface area contributed by atoms with Crippen molar-refractivity contribution < 1.29 is 13.9 Å². The van der Waals surface area contributed by atoms with E-state index < -0.39 is 0 Å². The van der Waals surface area contributed by atoms with Gasteiger partial charge >= 0.3 is 0 Å². The Kier molecular flexibility index (Phi) is 7.61. The third-order valence-corrected chi connectivity index (χ3v) is 3.85. The number of carbonyl (C=O) groups is 1. The molecule has 0 aliphatic carbocycles. The fraction of sp³-hybridized carbons (Fsp3) is 0.300. The van der Waals surface area contributed by atoms with E-state index in [9.17, 15) is 9.18 Å². The second kappa shape index (κ2) is 10.2. The molecule has 27 heavy (non-hydrogen) atoms. The first-order valence-corrected chi connectivity index (χ1v) is 8.70. The van der Waals surface area contributed by atoms with Gasteiger partial charge in [0.25, 0.3) is 5.91 Å². The van der Waals surface area contributed by atoms with Gasteiger partial charge in [-0.15, -0.1) is 0 Å². The number of amides is 1. The van der Waals surface area contributed by atoms with Crippen molar-refractivity contribution in [2.45, 2.75) is 19.6 Å². The standard InChI is InChI=1S/C20H25FN4O2/c1-14(27-18-7-5-4-6-17(18)21)12-24-20(23-3)25-13-15-8-10-16(11-9-15)19(26)22-2/h4-11,14H,12-13H2,1-3H3,(H,22,26)(H2,23,24,25). The number of para-hydroxylation sites is 1. The zero-order valence-electron chi connectivity index (χ0n) is 15.8. The van der Waals surface area contributed by atoms with E-state index in [0.717, 1.165) is 5.56 Å². The summed E-state index contributed by atoms with van der Waals surface area (Å²) in [4.78, 5) is 15.7. The molecule has 0 spiro atoms. The number of guanidine groups is 1. The summed E-state index contributed by atoms with van der Waals surface area (Å²) in [5.74, 6) is 0.336. The van der Waals surface area contributed by atoms with Gasteiger partial charge in [-0.3, -0.25) is 9.79 Å². The van der Waals surface area contributed by atoms with Gasteiger partial charge < -0.3 is 20.7 Å². The van der Waals surface area contributed by atoms with Gasteiger partial charge in [0.15, 0.2) is 17.5 Å². The summed E-state index contributed by atoms with van der Waals surface area (Å²) in [6.45, 7) is 2.87. The minimum atomic E-state index is -0.382. The summed E-state index contributed by atoms with van der Waals surface area (Å²) in [5, 5.41) is 8.92. The van der Waals surface area contributed by atoms with E-state index in [-0.39, 0.29) is 23.6 Å². The molecule has 0 radical (unpaired) electrons. The Morgan fingerprint density at radius 1 is 1.15 bits per heavy atom. The molecule has 3 N–H and O–H groups in total. The first-order valence-electron chi connectivity index (χ1n) is 8.70. The highest BCUT2D eigenvalue weighted by Gasteiger charge is 2.09. The molecule has 0 bridgehead atoms. The van der Waals surface area contributed by atoms with Crippen LogP contribution in [-0.4, -0.2) is 38.6 Å². The van der Waals surface area contributed by atoms with E-state index in [0.29, 0.717) is 24.6 Å². The maximum absolute atomic E-state index is 13.6. The predicted molar refractivity (Wildman–Crippen MR) is 105 cm³/mol. The smallest absolute Gasteiger partial charge is 0.251 e. The van der Waals surface area contributed by atoms with Gasteiger partial charge in [-0.2, -0.15) is 0 Å². The maximum atomic E-state index is 13.6. The van der Waals surface area contributed by atoms with Crippen molar-refractivity contribution in [3.05, 3.63) is 65.5 Å². The Hall–Kier alpha value is -3.09. The summed E-state index contributed by atoms with van der Waals surface area (Å²) in [6.07, 6.45) is -0.243. The highest BCUT2D eigenvalue weighted by atomic mass is 19.1. The lowest BCUT2D eigenvalue weighted by molar-refractivity contribution is 0.0963. The van der Waals surface area contributed by atoms with Gasteiger partial charge in [-0.25, -0.2) is 4.39 Å². The summed E-state index contributed by atoms with van der Waals surface area (Å²) in [6, 6.07) is 13.6. The number of halogens is 1. The Morgan fingerprint density at radius 2 is 1.85 bits per heavy atom. The van der Waals surface area contributed by atoms with Crippen LogP contribution in [0.5, 0.6) is 5.75 Å². The van der Waals surface area contributed by atoms with Crippen molar-refractivity contribution in [3.8, 4) is 5.75 Å². The molecule has 0 saturated carbocycles. The summed E-state index contributed by atoms with van der Waals surface area (Å²) in [7, 11) is 3.27. The van der Waals surface area contributed by atoms with Crippen LogP contribution in [-0.2, 0) is 6.54 Å². The maximum Gasteiger partial charge on any atom is 0.251 e. The molecule has 144 valence electrons. The van der Waals surface area contributed by atoms with Crippen LogP contribution in [0.4, 0.5) is 4.39 Å². The van der Waals surface area contributed by atoms with E-state index in [4.69, 9.17) is 4.74 Å². The third-order valence-electron chi connectivity index (χ3n) is 3.85. The second-order valence-corrected chi connectivity index (χ2v) is 5.94. The quantitative estimate of drug-likeness (QED) is 0.515. The SMILES string of the molecule is CN=C(NCc1ccc(C(=O)NC)cc1)NCC(C)Oc1ccccc1F. The molecule has 2 rings (SSSR count). The lowest BCUT2D eigenvalue weighted by Gasteiger charge is -2.18. The molecule has 2 aromatic carbocycles. The lowest BCUT2D eigenvalue weighted by atomic mass is 10.1. The van der Waals surface area contributed by atoms with Crippen molar-refractivity contribution >= 4 is 11.9 Å². The first kappa shape index (κ1) is 20.2. The zero-order chi connectivity index (χ0) is 19.6. The topological polar surface area (TPSA) is 74.8 Å². The fourth-order valence-corrected chi connectivity index (χ4v) is 2.36. The number of carbonyl (C=O) groups excluding carboxylic acids is 1. The Bertz CT molecular complexity index is 778. The summed E-state index contributed by atoms with van der Waals surface area (Å²) < 4.78 is 19.2. The monoisotopic (exact) mass is 372 g/mol. The molecule has 1 amide bonds. The highest BCUT2D eigenvalue weighted by Crippen LogP contribution is 2.16. The molecular weight excluding hydrogens is 347 g/mol. The molecule has 1 atom stereocenters. The number of nitrogens with zero attached hydrogens (tertiary/aromatic N) is 1. The van der Waals surface area contributed by atoms with Crippen molar-refractivity contribution in [3.63, 3.8) is 0 Å². The predicted octanol–water partition coefficient (Wildman–Crippen LogP) is 2.32.